The zero-order valence-electron chi connectivity index (χ0n) is 16.1. The standard InChI is InChI=1S/C18H22N4O5S2/c1-3-19-12(24)7-20-6-10-11(4-5-21(10)8-20)28-18-14(17(26)27)22-15(25)13(9(2)23)16(22)29-18/h6,8-9,11,13,16,23H,3-5,7H2,1-2H3,(H-,19,24,26,27)/p+1/t9?,11?,13-,16+/m0/s1. The van der Waals surface area contributed by atoms with Crippen molar-refractivity contribution < 1.29 is 29.2 Å². The second-order valence-electron chi connectivity index (χ2n) is 7.31. The average molecular weight is 440 g/mol. The maximum absolute atomic E-state index is 12.3. The van der Waals surface area contributed by atoms with E-state index in [2.05, 4.69) is 9.88 Å². The van der Waals surface area contributed by atoms with Crippen molar-refractivity contribution in [2.45, 2.75) is 50.1 Å². The number of fused-ring (bicyclic) bond motifs is 2. The lowest BCUT2D eigenvalue weighted by atomic mass is 9.92. The molecule has 4 heterocycles. The van der Waals surface area contributed by atoms with Gasteiger partial charge >= 0.3 is 5.97 Å². The van der Waals surface area contributed by atoms with Crippen molar-refractivity contribution in [2.24, 2.45) is 5.92 Å². The Hall–Kier alpha value is -1.98. The van der Waals surface area contributed by atoms with Crippen LogP contribution in [0.25, 0.3) is 0 Å². The number of hydrogen-bond acceptors (Lipinski definition) is 6. The van der Waals surface area contributed by atoms with E-state index < -0.39 is 18.0 Å². The first-order valence-electron chi connectivity index (χ1n) is 9.49. The number of imidazole rings is 1. The van der Waals surface area contributed by atoms with E-state index in [1.165, 1.54) is 28.4 Å². The number of aliphatic hydroxyl groups excluding tert-OH is 1. The van der Waals surface area contributed by atoms with Gasteiger partial charge in [0.1, 0.15) is 11.6 Å². The van der Waals surface area contributed by atoms with Crippen LogP contribution < -0.4 is 9.88 Å². The number of carboxylic acids is 1. The molecule has 11 heteroatoms. The van der Waals surface area contributed by atoms with Crippen LogP contribution in [0.1, 0.15) is 31.2 Å². The molecule has 4 rings (SSSR count). The molecular weight excluding hydrogens is 416 g/mol. The van der Waals surface area contributed by atoms with E-state index in [4.69, 9.17) is 0 Å². The molecule has 29 heavy (non-hydrogen) atoms. The highest BCUT2D eigenvalue weighted by Gasteiger charge is 2.58. The minimum atomic E-state index is -1.13. The number of likely N-dealkylation sites (N-methyl/N-ethyl adjacent to an activating group) is 1. The predicted octanol–water partition coefficient (Wildman–Crippen LogP) is 0.256. The van der Waals surface area contributed by atoms with Crippen LogP contribution in [-0.4, -0.2) is 55.5 Å². The summed E-state index contributed by atoms with van der Waals surface area (Å²) in [6.45, 7) is 5.04. The zero-order chi connectivity index (χ0) is 20.9. The fourth-order valence-corrected chi connectivity index (χ4v) is 7.25. The van der Waals surface area contributed by atoms with Crippen molar-refractivity contribution >= 4 is 41.3 Å². The first-order valence-corrected chi connectivity index (χ1v) is 11.3. The van der Waals surface area contributed by atoms with Crippen molar-refractivity contribution in [3.05, 3.63) is 28.2 Å². The number of β-lactam (4-membered cyclic amide) rings is 1. The van der Waals surface area contributed by atoms with Gasteiger partial charge in [-0.2, -0.15) is 0 Å². The summed E-state index contributed by atoms with van der Waals surface area (Å²) >= 11 is 2.80. The third kappa shape index (κ3) is 3.44. The van der Waals surface area contributed by atoms with Gasteiger partial charge in [0.05, 0.1) is 28.1 Å². The number of thioether (sulfide) groups is 2. The number of carbonyl (C=O) groups is 3. The number of rotatable bonds is 7. The van der Waals surface area contributed by atoms with Crippen LogP contribution in [0, 0.1) is 5.92 Å². The monoisotopic (exact) mass is 439 g/mol. The Morgan fingerprint density at radius 3 is 2.90 bits per heavy atom. The molecule has 3 N–H and O–H groups in total. The number of nitrogens with one attached hydrogen (secondary N) is 1. The van der Waals surface area contributed by atoms with E-state index in [0.29, 0.717) is 10.8 Å². The Morgan fingerprint density at radius 1 is 1.48 bits per heavy atom. The second-order valence-corrected chi connectivity index (χ2v) is 9.91. The quantitative estimate of drug-likeness (QED) is 0.412. The molecule has 3 aliphatic rings. The van der Waals surface area contributed by atoms with Crippen LogP contribution in [0.4, 0.5) is 0 Å². The lowest BCUT2D eigenvalue weighted by Gasteiger charge is -2.43. The maximum atomic E-state index is 12.3. The Bertz CT molecular complexity index is 912. The van der Waals surface area contributed by atoms with Crippen LogP contribution in [0.15, 0.2) is 22.5 Å². The lowest BCUT2D eigenvalue weighted by Crippen LogP contribution is -2.60. The first-order chi connectivity index (χ1) is 13.8. The van der Waals surface area contributed by atoms with Gasteiger partial charge in [-0.25, -0.2) is 13.9 Å². The Kier molecular flexibility index (Phi) is 5.38. The fraction of sp³-hybridized carbons (Fsp3) is 0.556. The smallest absolute Gasteiger partial charge is 0.354 e. The second kappa shape index (κ2) is 7.69. The van der Waals surface area contributed by atoms with Crippen molar-refractivity contribution in [1.82, 2.24) is 14.8 Å². The molecule has 1 saturated heterocycles. The number of carboxylic acid groups (broad SMARTS) is 1. The van der Waals surface area contributed by atoms with Gasteiger partial charge in [0, 0.05) is 13.0 Å². The van der Waals surface area contributed by atoms with Gasteiger partial charge in [-0.3, -0.25) is 14.5 Å². The highest BCUT2D eigenvalue weighted by atomic mass is 32.2. The largest absolute Gasteiger partial charge is 0.477 e. The molecule has 0 spiro atoms. The Balaban J connectivity index is 1.52. The van der Waals surface area contributed by atoms with E-state index in [1.54, 1.807) is 6.92 Å². The van der Waals surface area contributed by atoms with E-state index >= 15 is 0 Å². The number of aryl methyl sites for hydroxylation is 1. The summed E-state index contributed by atoms with van der Waals surface area (Å²) in [5, 5.41) is 22.0. The molecule has 2 amide bonds. The van der Waals surface area contributed by atoms with E-state index in [9.17, 15) is 24.6 Å². The van der Waals surface area contributed by atoms with Crippen LogP contribution in [0.5, 0.6) is 0 Å². The number of aliphatic carboxylic acids is 1. The Morgan fingerprint density at radius 2 is 2.24 bits per heavy atom. The SMILES string of the molecule is CCNC(=O)C[n+]1cc2n(c1)CCC2SC1=C(C(=O)O)N2C(=O)[C@H](C(C)O)[C@H]2S1. The highest BCUT2D eigenvalue weighted by Crippen LogP contribution is 2.57. The van der Waals surface area contributed by atoms with Gasteiger partial charge in [0.25, 0.3) is 5.91 Å². The molecule has 0 aliphatic carbocycles. The number of aliphatic hydroxyl groups is 1. The summed E-state index contributed by atoms with van der Waals surface area (Å²) in [7, 11) is 0. The summed E-state index contributed by atoms with van der Waals surface area (Å²) in [6.07, 6.45) is 3.86. The number of amides is 2. The lowest BCUT2D eigenvalue weighted by molar-refractivity contribution is -0.684. The van der Waals surface area contributed by atoms with Crippen molar-refractivity contribution in [1.29, 1.82) is 0 Å². The predicted molar refractivity (Wildman–Crippen MR) is 106 cm³/mol. The van der Waals surface area contributed by atoms with Gasteiger partial charge in [-0.15, -0.1) is 11.8 Å². The van der Waals surface area contributed by atoms with E-state index in [-0.39, 0.29) is 34.7 Å². The third-order valence-electron chi connectivity index (χ3n) is 5.30. The van der Waals surface area contributed by atoms with Gasteiger partial charge in [-0.1, -0.05) is 11.8 Å². The normalized spacial score (nSPS) is 26.2. The third-order valence-corrected chi connectivity index (χ3v) is 8.20. The zero-order valence-corrected chi connectivity index (χ0v) is 17.7. The number of carbonyl (C=O) groups excluding carboxylic acids is 2. The minimum Gasteiger partial charge on any atom is -0.477 e. The van der Waals surface area contributed by atoms with Crippen LogP contribution in [0.2, 0.25) is 0 Å². The molecular formula is C18H23N4O5S2+. The molecule has 3 aliphatic heterocycles. The summed E-state index contributed by atoms with van der Waals surface area (Å²) < 4.78 is 4.52. The molecule has 156 valence electrons. The molecule has 9 nitrogen and oxygen atoms in total. The van der Waals surface area contributed by atoms with Gasteiger partial charge in [0.2, 0.25) is 12.2 Å². The molecule has 0 bridgehead atoms. The average Bonchev–Trinajstić information content (AvgIpc) is 3.27. The van der Waals surface area contributed by atoms with Gasteiger partial charge < -0.3 is 15.5 Å². The summed E-state index contributed by atoms with van der Waals surface area (Å²) in [5.41, 5.74) is 1.05. The van der Waals surface area contributed by atoms with Crippen molar-refractivity contribution in [3.63, 3.8) is 0 Å². The van der Waals surface area contributed by atoms with Crippen molar-refractivity contribution in [3.8, 4) is 0 Å². The molecule has 0 aromatic carbocycles. The van der Waals surface area contributed by atoms with Gasteiger partial charge in [0.15, 0.2) is 17.9 Å². The van der Waals surface area contributed by atoms with E-state index in [0.717, 1.165) is 18.7 Å². The Labute approximate surface area is 176 Å². The van der Waals surface area contributed by atoms with Crippen LogP contribution in [-0.2, 0) is 27.5 Å². The van der Waals surface area contributed by atoms with Crippen LogP contribution in [0.3, 0.4) is 0 Å². The number of nitrogens with zero attached hydrogens (tertiary/aromatic N) is 3. The summed E-state index contributed by atoms with van der Waals surface area (Å²) in [5.74, 6) is -2.08. The minimum absolute atomic E-state index is 0.0205. The highest BCUT2D eigenvalue weighted by molar-refractivity contribution is 8.22. The topological polar surface area (TPSA) is 116 Å². The molecule has 0 radical (unpaired) electrons. The van der Waals surface area contributed by atoms with Crippen LogP contribution >= 0.6 is 23.5 Å². The van der Waals surface area contributed by atoms with E-state index in [1.807, 2.05) is 24.0 Å². The van der Waals surface area contributed by atoms with Gasteiger partial charge in [-0.05, 0) is 13.8 Å². The number of aromatic nitrogens is 2. The fourth-order valence-electron chi connectivity index (χ4n) is 3.97. The first kappa shape index (κ1) is 20.3. The van der Waals surface area contributed by atoms with Crippen molar-refractivity contribution in [2.75, 3.05) is 6.54 Å². The summed E-state index contributed by atoms with van der Waals surface area (Å²) in [6, 6.07) is 0. The summed E-state index contributed by atoms with van der Waals surface area (Å²) in [4.78, 5) is 37.3. The molecule has 4 atom stereocenters. The molecule has 0 saturated carbocycles. The molecule has 1 aromatic rings. The molecule has 2 unspecified atom stereocenters. The molecule has 1 aromatic heterocycles. The molecule has 1 fully saturated rings. The number of hydrogen-bond donors (Lipinski definition) is 3. The maximum Gasteiger partial charge on any atom is 0.354 e.